The number of ether oxygens (including phenoxy) is 1. The zero-order valence-corrected chi connectivity index (χ0v) is 14.3. The Kier molecular flexibility index (Phi) is 5.45. The maximum atomic E-state index is 12.3. The van der Waals surface area contributed by atoms with E-state index in [1.54, 1.807) is 6.07 Å². The largest absolute Gasteiger partial charge is 0.497 e. The third-order valence-electron chi connectivity index (χ3n) is 4.01. The van der Waals surface area contributed by atoms with Crippen LogP contribution in [0.2, 0.25) is 0 Å². The van der Waals surface area contributed by atoms with Crippen LogP contribution in [0.3, 0.4) is 0 Å². The number of nitrogens with zero attached hydrogens (tertiary/aromatic N) is 1. The van der Waals surface area contributed by atoms with E-state index >= 15 is 0 Å². The minimum Gasteiger partial charge on any atom is -0.497 e. The molecule has 9 heteroatoms. The Morgan fingerprint density at radius 3 is 2.42 bits per heavy atom. The number of carbonyl (C=O) groups excluding carboxylic acids is 1. The van der Waals surface area contributed by atoms with E-state index in [2.05, 4.69) is 5.32 Å². The second kappa shape index (κ2) is 7.18. The molecule has 2 rings (SSSR count). The number of hydrogen-bond donors (Lipinski definition) is 2. The minimum atomic E-state index is -3.25. The van der Waals surface area contributed by atoms with E-state index in [-0.39, 0.29) is 36.2 Å². The Morgan fingerprint density at radius 1 is 1.29 bits per heavy atom. The average molecular weight is 356 g/mol. The molecule has 1 aromatic carbocycles. The topological polar surface area (TPSA) is 113 Å². The summed E-state index contributed by atoms with van der Waals surface area (Å²) >= 11 is 0. The van der Waals surface area contributed by atoms with Crippen molar-refractivity contribution in [3.05, 3.63) is 23.8 Å². The predicted molar refractivity (Wildman–Crippen MR) is 87.7 cm³/mol. The van der Waals surface area contributed by atoms with Crippen LogP contribution >= 0.6 is 0 Å². The van der Waals surface area contributed by atoms with Crippen molar-refractivity contribution < 1.29 is 27.9 Å². The van der Waals surface area contributed by atoms with E-state index in [1.807, 2.05) is 0 Å². The van der Waals surface area contributed by atoms with E-state index in [4.69, 9.17) is 4.74 Å². The summed E-state index contributed by atoms with van der Waals surface area (Å²) in [4.78, 5) is 23.7. The number of nitrogens with one attached hydrogen (secondary N) is 1. The third kappa shape index (κ3) is 4.24. The van der Waals surface area contributed by atoms with Crippen molar-refractivity contribution in [2.24, 2.45) is 5.92 Å². The van der Waals surface area contributed by atoms with Gasteiger partial charge in [-0.25, -0.2) is 17.5 Å². The lowest BCUT2D eigenvalue weighted by molar-refractivity contribution is -0.120. The lowest BCUT2D eigenvalue weighted by Gasteiger charge is -2.29. The van der Waals surface area contributed by atoms with Crippen molar-refractivity contribution in [3.8, 4) is 5.75 Å². The van der Waals surface area contributed by atoms with Gasteiger partial charge in [-0.05, 0) is 31.0 Å². The first-order valence-corrected chi connectivity index (χ1v) is 9.24. The molecule has 1 heterocycles. The second-order valence-corrected chi connectivity index (χ2v) is 7.62. The molecule has 1 aliphatic heterocycles. The van der Waals surface area contributed by atoms with Crippen molar-refractivity contribution in [2.45, 2.75) is 12.8 Å². The number of benzene rings is 1. The Morgan fingerprint density at radius 2 is 1.92 bits per heavy atom. The van der Waals surface area contributed by atoms with Gasteiger partial charge in [0.25, 0.3) is 0 Å². The average Bonchev–Trinajstić information content (AvgIpc) is 2.54. The van der Waals surface area contributed by atoms with Crippen molar-refractivity contribution in [2.75, 3.05) is 31.8 Å². The molecule has 1 saturated heterocycles. The number of amides is 1. The van der Waals surface area contributed by atoms with Gasteiger partial charge >= 0.3 is 5.97 Å². The van der Waals surface area contributed by atoms with Crippen molar-refractivity contribution in [1.29, 1.82) is 0 Å². The van der Waals surface area contributed by atoms with Crippen molar-refractivity contribution in [1.82, 2.24) is 4.31 Å². The van der Waals surface area contributed by atoms with Crippen LogP contribution < -0.4 is 10.1 Å². The van der Waals surface area contributed by atoms with Crippen LogP contribution in [0.15, 0.2) is 18.2 Å². The summed E-state index contributed by atoms with van der Waals surface area (Å²) in [5.41, 5.74) is 0.134. The van der Waals surface area contributed by atoms with Gasteiger partial charge in [0.05, 0.1) is 24.6 Å². The second-order valence-electron chi connectivity index (χ2n) is 5.64. The molecule has 1 aromatic rings. The van der Waals surface area contributed by atoms with Gasteiger partial charge in [-0.3, -0.25) is 4.79 Å². The molecule has 2 N–H and O–H groups in total. The molecular weight excluding hydrogens is 336 g/mol. The fraction of sp³-hybridized carbons (Fsp3) is 0.467. The van der Waals surface area contributed by atoms with E-state index in [0.717, 1.165) is 6.26 Å². The highest BCUT2D eigenvalue weighted by Gasteiger charge is 2.29. The van der Waals surface area contributed by atoms with Crippen LogP contribution in [0.1, 0.15) is 23.2 Å². The molecule has 0 unspecified atom stereocenters. The van der Waals surface area contributed by atoms with Gasteiger partial charge in [-0.1, -0.05) is 0 Å². The highest BCUT2D eigenvalue weighted by Crippen LogP contribution is 2.25. The SMILES string of the molecule is COc1ccc(NC(=O)C2CCN(S(C)(=O)=O)CC2)c(C(=O)O)c1. The Labute approximate surface area is 140 Å². The summed E-state index contributed by atoms with van der Waals surface area (Å²) < 4.78 is 29.3. The quantitative estimate of drug-likeness (QED) is 0.814. The highest BCUT2D eigenvalue weighted by molar-refractivity contribution is 7.88. The number of piperidine rings is 1. The maximum absolute atomic E-state index is 12.3. The molecule has 0 saturated carbocycles. The Bertz CT molecular complexity index is 738. The normalized spacial score (nSPS) is 16.6. The Balaban J connectivity index is 2.07. The van der Waals surface area contributed by atoms with E-state index in [9.17, 15) is 23.1 Å². The summed E-state index contributed by atoms with van der Waals surface area (Å²) in [5.74, 6) is -1.45. The summed E-state index contributed by atoms with van der Waals surface area (Å²) in [6, 6.07) is 4.38. The first kappa shape index (κ1) is 18.2. The maximum Gasteiger partial charge on any atom is 0.337 e. The molecule has 1 amide bonds. The lowest BCUT2D eigenvalue weighted by atomic mass is 9.97. The van der Waals surface area contributed by atoms with Crippen molar-refractivity contribution >= 4 is 27.6 Å². The highest BCUT2D eigenvalue weighted by atomic mass is 32.2. The first-order valence-electron chi connectivity index (χ1n) is 7.39. The predicted octanol–water partition coefficient (Wildman–Crippen LogP) is 1.00. The molecule has 0 bridgehead atoms. The summed E-state index contributed by atoms with van der Waals surface area (Å²) in [7, 11) is -1.82. The van der Waals surface area contributed by atoms with Gasteiger partial charge in [0, 0.05) is 19.0 Å². The monoisotopic (exact) mass is 356 g/mol. The fourth-order valence-electron chi connectivity index (χ4n) is 2.62. The van der Waals surface area contributed by atoms with Gasteiger partial charge in [0.2, 0.25) is 15.9 Å². The Hall–Kier alpha value is -2.13. The van der Waals surface area contributed by atoms with Gasteiger partial charge in [0.1, 0.15) is 5.75 Å². The van der Waals surface area contributed by atoms with Crippen LogP contribution in [-0.4, -0.2) is 56.2 Å². The van der Waals surface area contributed by atoms with E-state index in [0.29, 0.717) is 18.6 Å². The number of sulfonamides is 1. The molecule has 0 aromatic heterocycles. The third-order valence-corrected chi connectivity index (χ3v) is 5.31. The van der Waals surface area contributed by atoms with Crippen LogP contribution in [0.5, 0.6) is 5.75 Å². The van der Waals surface area contributed by atoms with Gasteiger partial charge < -0.3 is 15.2 Å². The molecule has 0 spiro atoms. The zero-order chi connectivity index (χ0) is 17.9. The zero-order valence-electron chi connectivity index (χ0n) is 13.5. The first-order chi connectivity index (χ1) is 11.2. The van der Waals surface area contributed by atoms with Crippen LogP contribution in [0, 0.1) is 5.92 Å². The number of hydrogen-bond acceptors (Lipinski definition) is 5. The number of carboxylic acid groups (broad SMARTS) is 1. The molecular formula is C15H20N2O6S. The number of rotatable bonds is 5. The van der Waals surface area contributed by atoms with Crippen LogP contribution in [0.4, 0.5) is 5.69 Å². The summed E-state index contributed by atoms with van der Waals surface area (Å²) in [6.07, 6.45) is 1.94. The van der Waals surface area contributed by atoms with E-state index in [1.165, 1.54) is 23.5 Å². The van der Waals surface area contributed by atoms with Gasteiger partial charge in [0.15, 0.2) is 0 Å². The fourth-order valence-corrected chi connectivity index (χ4v) is 3.49. The smallest absolute Gasteiger partial charge is 0.337 e. The molecule has 1 aliphatic rings. The molecule has 1 fully saturated rings. The molecule has 8 nitrogen and oxygen atoms in total. The molecule has 0 atom stereocenters. The number of carboxylic acids is 1. The summed E-state index contributed by atoms with van der Waals surface area (Å²) in [5, 5.41) is 11.9. The van der Waals surface area contributed by atoms with Gasteiger partial charge in [-0.2, -0.15) is 0 Å². The minimum absolute atomic E-state index is 0.0590. The number of anilines is 1. The molecule has 0 radical (unpaired) electrons. The molecule has 132 valence electrons. The van der Waals surface area contributed by atoms with Crippen LogP contribution in [-0.2, 0) is 14.8 Å². The lowest BCUT2D eigenvalue weighted by Crippen LogP contribution is -2.41. The molecule has 0 aliphatic carbocycles. The van der Waals surface area contributed by atoms with E-state index < -0.39 is 16.0 Å². The van der Waals surface area contributed by atoms with Crippen LogP contribution in [0.25, 0.3) is 0 Å². The van der Waals surface area contributed by atoms with Gasteiger partial charge in [-0.15, -0.1) is 0 Å². The standard InChI is InChI=1S/C15H20N2O6S/c1-23-11-3-4-13(12(9-11)15(19)20)16-14(18)10-5-7-17(8-6-10)24(2,21)22/h3-4,9-10H,5-8H2,1-2H3,(H,16,18)(H,19,20). The number of methoxy groups -OCH3 is 1. The number of aromatic carboxylic acids is 1. The number of carbonyl (C=O) groups is 2. The van der Waals surface area contributed by atoms with Crippen molar-refractivity contribution in [3.63, 3.8) is 0 Å². The molecule has 24 heavy (non-hydrogen) atoms. The summed E-state index contributed by atoms with van der Waals surface area (Å²) in [6.45, 7) is 0.566.